The highest BCUT2D eigenvalue weighted by Crippen LogP contribution is 2.37. The number of rotatable bonds is 6. The molecule has 4 aromatic carbocycles. The molecule has 0 bridgehead atoms. The molecule has 0 saturated heterocycles. The van der Waals surface area contributed by atoms with Gasteiger partial charge in [-0.1, -0.05) is 60.7 Å². The molecule has 3 heterocycles. The van der Waals surface area contributed by atoms with Crippen molar-refractivity contribution in [2.45, 2.75) is 19.3 Å². The van der Waals surface area contributed by atoms with Gasteiger partial charge in [0.2, 0.25) is 0 Å². The van der Waals surface area contributed by atoms with Gasteiger partial charge in [-0.05, 0) is 113 Å². The van der Waals surface area contributed by atoms with Crippen LogP contribution >= 0.6 is 0 Å². The summed E-state index contributed by atoms with van der Waals surface area (Å²) in [6.45, 7) is 1.93. The molecule has 252 valence electrons. The summed E-state index contributed by atoms with van der Waals surface area (Å²) in [5.74, 6) is 0. The highest BCUT2D eigenvalue weighted by atomic mass is 19.4. The lowest BCUT2D eigenvalue weighted by Gasteiger charge is -2.14. The zero-order valence-corrected chi connectivity index (χ0v) is 27.0. The van der Waals surface area contributed by atoms with Gasteiger partial charge in [0, 0.05) is 41.0 Å². The van der Waals surface area contributed by atoms with Crippen molar-refractivity contribution in [2.75, 3.05) is 0 Å². The first-order valence-electron chi connectivity index (χ1n) is 15.9. The van der Waals surface area contributed by atoms with Gasteiger partial charge in [-0.2, -0.15) is 26.3 Å². The van der Waals surface area contributed by atoms with Gasteiger partial charge in [0.05, 0.1) is 22.5 Å². The predicted molar refractivity (Wildman–Crippen MR) is 187 cm³/mol. The number of benzene rings is 4. The molecule has 0 aliphatic carbocycles. The van der Waals surface area contributed by atoms with Crippen molar-refractivity contribution in [2.24, 2.45) is 0 Å². The molecule has 0 amide bonds. The maximum atomic E-state index is 13.2. The highest BCUT2D eigenvalue weighted by Gasteiger charge is 2.31. The topological polar surface area (TPSA) is 38.7 Å². The van der Waals surface area contributed by atoms with Gasteiger partial charge in [0.15, 0.2) is 0 Å². The number of hydrogen-bond donors (Lipinski definition) is 0. The molecule has 51 heavy (non-hydrogen) atoms. The van der Waals surface area contributed by atoms with Crippen molar-refractivity contribution >= 4 is 0 Å². The first kappa shape index (κ1) is 33.4. The van der Waals surface area contributed by atoms with Crippen molar-refractivity contribution in [1.29, 1.82) is 0 Å². The fourth-order valence-corrected chi connectivity index (χ4v) is 5.83. The Morgan fingerprint density at radius 1 is 0.353 bits per heavy atom. The monoisotopic (exact) mass is 687 g/mol. The zero-order valence-electron chi connectivity index (χ0n) is 27.0. The van der Waals surface area contributed by atoms with Gasteiger partial charge in [-0.3, -0.25) is 15.0 Å². The number of pyridine rings is 3. The first-order chi connectivity index (χ1) is 24.4. The zero-order chi connectivity index (χ0) is 35.8. The fourth-order valence-electron chi connectivity index (χ4n) is 5.83. The van der Waals surface area contributed by atoms with Crippen LogP contribution in [0.3, 0.4) is 0 Å². The Kier molecular flexibility index (Phi) is 8.73. The van der Waals surface area contributed by atoms with Gasteiger partial charge in [0.25, 0.3) is 0 Å². The van der Waals surface area contributed by atoms with E-state index >= 15 is 0 Å². The summed E-state index contributed by atoms with van der Waals surface area (Å²) in [7, 11) is 0. The molecule has 0 fully saturated rings. The van der Waals surface area contributed by atoms with E-state index in [2.05, 4.69) is 33.2 Å². The summed E-state index contributed by atoms with van der Waals surface area (Å²) in [4.78, 5) is 12.6. The van der Waals surface area contributed by atoms with Crippen molar-refractivity contribution in [3.05, 3.63) is 163 Å². The molecule has 3 nitrogen and oxygen atoms in total. The van der Waals surface area contributed by atoms with Gasteiger partial charge in [-0.15, -0.1) is 0 Å². The Labute approximate surface area is 290 Å². The van der Waals surface area contributed by atoms with Gasteiger partial charge in [0.1, 0.15) is 0 Å². The molecular formula is C42H27F6N3. The second-order valence-corrected chi connectivity index (χ2v) is 12.1. The maximum absolute atomic E-state index is 13.2. The van der Waals surface area contributed by atoms with E-state index in [0.717, 1.165) is 74.7 Å². The smallest absolute Gasteiger partial charge is 0.261 e. The Hall–Kier alpha value is -6.09. The molecule has 9 heteroatoms. The minimum absolute atomic E-state index is 0.400. The van der Waals surface area contributed by atoms with Crippen LogP contribution < -0.4 is 0 Å². The van der Waals surface area contributed by atoms with E-state index in [1.807, 2.05) is 85.9 Å². The molecular weight excluding hydrogens is 660 g/mol. The van der Waals surface area contributed by atoms with Crippen molar-refractivity contribution in [3.8, 4) is 67.0 Å². The fraction of sp³-hybridized carbons (Fsp3) is 0.0714. The van der Waals surface area contributed by atoms with E-state index in [9.17, 15) is 26.3 Å². The molecule has 0 N–H and O–H groups in total. The number of nitrogens with zero attached hydrogens (tertiary/aromatic N) is 3. The van der Waals surface area contributed by atoms with Crippen LogP contribution in [0.4, 0.5) is 26.3 Å². The van der Waals surface area contributed by atoms with E-state index < -0.39 is 23.5 Å². The maximum Gasteiger partial charge on any atom is 0.417 e. The van der Waals surface area contributed by atoms with Crippen molar-refractivity contribution in [1.82, 2.24) is 15.0 Å². The summed E-state index contributed by atoms with van der Waals surface area (Å²) in [5.41, 5.74) is 8.48. The minimum Gasteiger partial charge on any atom is -0.261 e. The Bertz CT molecular complexity index is 2210. The van der Waals surface area contributed by atoms with Crippen LogP contribution in [0.15, 0.2) is 146 Å². The SMILES string of the molecule is Cc1ccc(-c2cccc(-c3cc(-c4cccc(-c5ccc(C(F)(F)F)cn5)c4)cc(-c4cccc(-c5ccc(C(F)(F)F)cn5)c4)c3)c2)cn1. The lowest BCUT2D eigenvalue weighted by molar-refractivity contribution is -0.138. The molecule has 0 aliphatic heterocycles. The normalized spacial score (nSPS) is 11.8. The molecule has 0 saturated carbocycles. The summed E-state index contributed by atoms with van der Waals surface area (Å²) < 4.78 is 79.2. The molecule has 7 aromatic rings. The van der Waals surface area contributed by atoms with Crippen LogP contribution in [0.5, 0.6) is 0 Å². The van der Waals surface area contributed by atoms with Crippen LogP contribution in [0.25, 0.3) is 67.0 Å². The molecule has 0 aliphatic rings. The molecule has 7 rings (SSSR count). The van der Waals surface area contributed by atoms with Crippen LogP contribution in [-0.2, 0) is 12.4 Å². The van der Waals surface area contributed by atoms with Crippen LogP contribution in [0.2, 0.25) is 0 Å². The third kappa shape index (κ3) is 7.43. The van der Waals surface area contributed by atoms with Crippen LogP contribution in [0, 0.1) is 6.92 Å². The van der Waals surface area contributed by atoms with E-state index in [1.165, 1.54) is 12.1 Å². The van der Waals surface area contributed by atoms with Crippen LogP contribution in [-0.4, -0.2) is 15.0 Å². The number of hydrogen-bond acceptors (Lipinski definition) is 3. The number of alkyl halides is 6. The van der Waals surface area contributed by atoms with Crippen molar-refractivity contribution < 1.29 is 26.3 Å². The van der Waals surface area contributed by atoms with E-state index in [-0.39, 0.29) is 0 Å². The number of aromatic nitrogens is 3. The third-order valence-electron chi connectivity index (χ3n) is 8.54. The third-order valence-corrected chi connectivity index (χ3v) is 8.54. The van der Waals surface area contributed by atoms with E-state index in [1.54, 1.807) is 12.1 Å². The summed E-state index contributed by atoms with van der Waals surface area (Å²) in [6, 6.07) is 37.8. The Morgan fingerprint density at radius 2 is 0.725 bits per heavy atom. The molecule has 0 unspecified atom stereocenters. The summed E-state index contributed by atoms with van der Waals surface area (Å²) in [5, 5.41) is 0. The van der Waals surface area contributed by atoms with Gasteiger partial charge in [-0.25, -0.2) is 0 Å². The largest absolute Gasteiger partial charge is 0.417 e. The van der Waals surface area contributed by atoms with Gasteiger partial charge < -0.3 is 0 Å². The van der Waals surface area contributed by atoms with E-state index in [4.69, 9.17) is 0 Å². The minimum atomic E-state index is -4.49. The molecule has 0 atom stereocenters. The highest BCUT2D eigenvalue weighted by molar-refractivity contribution is 5.84. The second kappa shape index (κ2) is 13.3. The predicted octanol–water partition coefficient (Wildman–Crippen LogP) is 12.2. The Morgan fingerprint density at radius 3 is 1.08 bits per heavy atom. The Balaban J connectivity index is 1.33. The average molecular weight is 688 g/mol. The lowest BCUT2D eigenvalue weighted by atomic mass is 9.91. The number of halogens is 6. The lowest BCUT2D eigenvalue weighted by Crippen LogP contribution is -2.05. The molecule has 0 radical (unpaired) electrons. The summed E-state index contributed by atoms with van der Waals surface area (Å²) in [6.07, 6.45) is -5.49. The molecule has 0 spiro atoms. The standard InChI is InChI=1S/C42H27F6N3/c1-26-11-12-33(23-49-26)27-5-2-6-28(17-27)34-20-35(29-7-3-9-31(18-29)39-15-13-37(24-50-39)41(43,44)45)22-36(21-34)30-8-4-10-32(19-30)40-16-14-38(25-51-40)42(46,47)48/h2-25H,1H3. The van der Waals surface area contributed by atoms with E-state index in [0.29, 0.717) is 22.5 Å². The number of aryl methyl sites for hydroxylation is 1. The molecule has 3 aromatic heterocycles. The summed E-state index contributed by atoms with van der Waals surface area (Å²) >= 11 is 0. The first-order valence-corrected chi connectivity index (χ1v) is 15.9. The second-order valence-electron chi connectivity index (χ2n) is 12.1. The average Bonchev–Trinajstić information content (AvgIpc) is 3.14. The quantitative estimate of drug-likeness (QED) is 0.163. The van der Waals surface area contributed by atoms with Gasteiger partial charge >= 0.3 is 12.4 Å². The van der Waals surface area contributed by atoms with Crippen LogP contribution in [0.1, 0.15) is 16.8 Å². The van der Waals surface area contributed by atoms with Crippen molar-refractivity contribution in [3.63, 3.8) is 0 Å².